The highest BCUT2D eigenvalue weighted by atomic mass is 16.1. The van der Waals surface area contributed by atoms with Crippen LogP contribution in [-0.4, -0.2) is 9.55 Å². The van der Waals surface area contributed by atoms with Crippen molar-refractivity contribution in [1.82, 2.24) is 9.55 Å². The molecule has 100 valence electrons. The van der Waals surface area contributed by atoms with E-state index in [4.69, 9.17) is 0 Å². The minimum Gasteiger partial charge on any atom is -0.325 e. The predicted octanol–water partition coefficient (Wildman–Crippen LogP) is 2.99. The first-order valence-electron chi connectivity index (χ1n) is 6.44. The Kier molecular flexibility index (Phi) is 2.99. The van der Waals surface area contributed by atoms with Gasteiger partial charge in [-0.25, -0.2) is 4.98 Å². The zero-order valence-electron chi connectivity index (χ0n) is 11.4. The second kappa shape index (κ2) is 4.81. The lowest BCUT2D eigenvalue weighted by Crippen LogP contribution is -2.20. The Morgan fingerprint density at radius 2 is 1.85 bits per heavy atom. The molecule has 0 aliphatic carbocycles. The number of nitrogens with zero attached hydrogens (tertiary/aromatic N) is 2. The van der Waals surface area contributed by atoms with Crippen molar-refractivity contribution in [3.8, 4) is 0 Å². The van der Waals surface area contributed by atoms with Gasteiger partial charge in [-0.15, -0.1) is 0 Å². The summed E-state index contributed by atoms with van der Waals surface area (Å²) in [6, 6.07) is 15.7. The largest absolute Gasteiger partial charge is 0.325 e. The van der Waals surface area contributed by atoms with E-state index in [0.717, 1.165) is 16.5 Å². The van der Waals surface area contributed by atoms with Crippen LogP contribution in [0.4, 0.5) is 11.6 Å². The summed E-state index contributed by atoms with van der Waals surface area (Å²) in [5.41, 5.74) is 1.58. The summed E-state index contributed by atoms with van der Waals surface area (Å²) in [6.45, 7) is 1.82. The molecule has 0 saturated heterocycles. The Morgan fingerprint density at radius 3 is 2.70 bits per heavy atom. The Hall–Kier alpha value is -2.62. The van der Waals surface area contributed by atoms with Crippen LogP contribution in [0.2, 0.25) is 0 Å². The summed E-state index contributed by atoms with van der Waals surface area (Å²) in [5.74, 6) is 0.548. The normalized spacial score (nSPS) is 10.7. The van der Waals surface area contributed by atoms with Gasteiger partial charge in [0.25, 0.3) is 5.56 Å². The maximum absolute atomic E-state index is 11.8. The van der Waals surface area contributed by atoms with Gasteiger partial charge in [0, 0.05) is 29.9 Å². The molecule has 20 heavy (non-hydrogen) atoms. The van der Waals surface area contributed by atoms with Crippen LogP contribution in [0.1, 0.15) is 5.69 Å². The lowest BCUT2D eigenvalue weighted by molar-refractivity contribution is 0.828. The van der Waals surface area contributed by atoms with Gasteiger partial charge in [-0.2, -0.15) is 0 Å². The fraction of sp³-hybridized carbons (Fsp3) is 0.125. The minimum atomic E-state index is -0.0692. The van der Waals surface area contributed by atoms with Crippen LogP contribution < -0.4 is 10.9 Å². The number of anilines is 2. The van der Waals surface area contributed by atoms with Gasteiger partial charge in [0.1, 0.15) is 0 Å². The van der Waals surface area contributed by atoms with Crippen molar-refractivity contribution in [1.29, 1.82) is 0 Å². The lowest BCUT2D eigenvalue weighted by Gasteiger charge is -2.12. The molecule has 1 aromatic heterocycles. The number of fused-ring (bicyclic) bond motifs is 1. The quantitative estimate of drug-likeness (QED) is 0.775. The Bertz CT molecular complexity index is 831. The standard InChI is InChI=1S/C16H15N3O/c1-11-10-15(20)19(2)16(17-11)18-14-9-5-7-12-6-3-4-8-13(12)14/h3-10H,1-2H3,(H,17,18). The third kappa shape index (κ3) is 2.16. The third-order valence-electron chi connectivity index (χ3n) is 3.30. The molecule has 3 rings (SSSR count). The molecule has 0 amide bonds. The van der Waals surface area contributed by atoms with Gasteiger partial charge in [-0.3, -0.25) is 9.36 Å². The fourth-order valence-corrected chi connectivity index (χ4v) is 2.22. The second-order valence-corrected chi connectivity index (χ2v) is 4.77. The zero-order valence-corrected chi connectivity index (χ0v) is 11.4. The summed E-state index contributed by atoms with van der Waals surface area (Å²) >= 11 is 0. The van der Waals surface area contributed by atoms with Crippen LogP contribution in [0.15, 0.2) is 53.3 Å². The molecule has 0 bridgehead atoms. The molecule has 0 radical (unpaired) electrons. The first kappa shape index (κ1) is 12.4. The molecule has 0 saturated carbocycles. The van der Waals surface area contributed by atoms with Crippen LogP contribution in [0.25, 0.3) is 10.8 Å². The van der Waals surface area contributed by atoms with Crippen molar-refractivity contribution in [2.24, 2.45) is 7.05 Å². The Morgan fingerprint density at radius 1 is 1.10 bits per heavy atom. The zero-order chi connectivity index (χ0) is 14.1. The number of hydrogen-bond donors (Lipinski definition) is 1. The van der Waals surface area contributed by atoms with Crippen LogP contribution in [0.3, 0.4) is 0 Å². The third-order valence-corrected chi connectivity index (χ3v) is 3.30. The monoisotopic (exact) mass is 265 g/mol. The number of aryl methyl sites for hydroxylation is 1. The van der Waals surface area contributed by atoms with Crippen molar-refractivity contribution in [3.63, 3.8) is 0 Å². The maximum Gasteiger partial charge on any atom is 0.254 e. The fourth-order valence-electron chi connectivity index (χ4n) is 2.22. The van der Waals surface area contributed by atoms with E-state index in [9.17, 15) is 4.79 Å². The van der Waals surface area contributed by atoms with Gasteiger partial charge in [0.15, 0.2) is 0 Å². The van der Waals surface area contributed by atoms with E-state index in [2.05, 4.69) is 22.4 Å². The molecule has 3 aromatic rings. The molecule has 1 heterocycles. The van der Waals surface area contributed by atoms with Crippen molar-refractivity contribution in [2.45, 2.75) is 6.92 Å². The summed E-state index contributed by atoms with van der Waals surface area (Å²) < 4.78 is 1.51. The number of hydrogen-bond acceptors (Lipinski definition) is 3. The summed E-state index contributed by atoms with van der Waals surface area (Å²) in [7, 11) is 1.71. The minimum absolute atomic E-state index is 0.0692. The molecular formula is C16H15N3O. The van der Waals surface area contributed by atoms with Crippen LogP contribution in [-0.2, 0) is 7.05 Å². The van der Waals surface area contributed by atoms with E-state index in [1.54, 1.807) is 7.05 Å². The Balaban J connectivity index is 2.13. The highest BCUT2D eigenvalue weighted by Gasteiger charge is 2.06. The number of nitrogens with one attached hydrogen (secondary N) is 1. The molecule has 0 unspecified atom stereocenters. The molecule has 4 heteroatoms. The second-order valence-electron chi connectivity index (χ2n) is 4.77. The molecule has 4 nitrogen and oxygen atoms in total. The van der Waals surface area contributed by atoms with Gasteiger partial charge in [0.05, 0.1) is 0 Å². The van der Waals surface area contributed by atoms with Gasteiger partial charge in [0.2, 0.25) is 5.95 Å². The molecule has 2 aromatic carbocycles. The van der Waals surface area contributed by atoms with E-state index >= 15 is 0 Å². The number of rotatable bonds is 2. The summed E-state index contributed by atoms with van der Waals surface area (Å²) in [4.78, 5) is 16.2. The topological polar surface area (TPSA) is 46.9 Å². The van der Waals surface area contributed by atoms with Crippen molar-refractivity contribution in [3.05, 3.63) is 64.6 Å². The number of benzene rings is 2. The van der Waals surface area contributed by atoms with Gasteiger partial charge < -0.3 is 5.32 Å². The van der Waals surface area contributed by atoms with Crippen LogP contribution in [0.5, 0.6) is 0 Å². The number of aromatic nitrogens is 2. The van der Waals surface area contributed by atoms with Crippen molar-refractivity contribution < 1.29 is 0 Å². The van der Waals surface area contributed by atoms with Gasteiger partial charge in [-0.05, 0) is 18.4 Å². The average molecular weight is 265 g/mol. The van der Waals surface area contributed by atoms with E-state index in [1.807, 2.05) is 37.3 Å². The highest BCUT2D eigenvalue weighted by Crippen LogP contribution is 2.25. The smallest absolute Gasteiger partial charge is 0.254 e. The van der Waals surface area contributed by atoms with E-state index < -0.39 is 0 Å². The predicted molar refractivity (Wildman–Crippen MR) is 81.4 cm³/mol. The molecule has 0 atom stereocenters. The molecule has 0 fully saturated rings. The van der Waals surface area contributed by atoms with E-state index in [-0.39, 0.29) is 5.56 Å². The SMILES string of the molecule is Cc1cc(=O)n(C)c(Nc2cccc3ccccc23)n1. The van der Waals surface area contributed by atoms with Crippen LogP contribution >= 0.6 is 0 Å². The maximum atomic E-state index is 11.8. The van der Waals surface area contributed by atoms with E-state index in [1.165, 1.54) is 10.6 Å². The van der Waals surface area contributed by atoms with Crippen molar-refractivity contribution in [2.75, 3.05) is 5.32 Å². The van der Waals surface area contributed by atoms with Gasteiger partial charge >= 0.3 is 0 Å². The molecule has 1 N–H and O–H groups in total. The highest BCUT2D eigenvalue weighted by molar-refractivity contribution is 5.94. The first-order valence-corrected chi connectivity index (χ1v) is 6.44. The summed E-state index contributed by atoms with van der Waals surface area (Å²) in [5, 5.41) is 5.50. The average Bonchev–Trinajstić information content (AvgIpc) is 2.44. The molecular weight excluding hydrogens is 250 g/mol. The Labute approximate surface area is 116 Å². The van der Waals surface area contributed by atoms with Crippen molar-refractivity contribution >= 4 is 22.4 Å². The summed E-state index contributed by atoms with van der Waals surface area (Å²) in [6.07, 6.45) is 0. The molecule has 0 spiro atoms. The van der Waals surface area contributed by atoms with E-state index in [0.29, 0.717) is 11.6 Å². The molecule has 0 aliphatic rings. The molecule has 0 aliphatic heterocycles. The lowest BCUT2D eigenvalue weighted by atomic mass is 10.1. The van der Waals surface area contributed by atoms with Crippen LogP contribution in [0, 0.1) is 6.92 Å². The first-order chi connectivity index (χ1) is 9.65. The van der Waals surface area contributed by atoms with Gasteiger partial charge in [-0.1, -0.05) is 36.4 Å².